The Morgan fingerprint density at radius 1 is 0.800 bits per heavy atom. The smallest absolute Gasteiger partial charge is 0.0431 e. The van der Waals surface area contributed by atoms with Gasteiger partial charge in [-0.1, -0.05) is 39.0 Å². The molecule has 0 spiro atoms. The highest BCUT2D eigenvalue weighted by molar-refractivity contribution is 4.53. The molecule has 0 heterocycles. The van der Waals surface area contributed by atoms with Crippen molar-refractivity contribution >= 4 is 0 Å². The summed E-state index contributed by atoms with van der Waals surface area (Å²) in [6, 6.07) is 0. The molecule has 0 aliphatic heterocycles. The summed E-state index contributed by atoms with van der Waals surface area (Å²) in [7, 11) is 2.18. The third-order valence-corrected chi connectivity index (χ3v) is 2.84. The highest BCUT2D eigenvalue weighted by atomic mass is 16.2. The van der Waals surface area contributed by atoms with Crippen LogP contribution < -0.4 is 0 Å². The molecule has 0 aromatic heterocycles. The van der Waals surface area contributed by atoms with Crippen LogP contribution in [0.1, 0.15) is 58.3 Å². The van der Waals surface area contributed by atoms with Crippen LogP contribution in [-0.4, -0.2) is 36.8 Å². The van der Waals surface area contributed by atoms with Crippen LogP contribution in [0.3, 0.4) is 0 Å². The van der Waals surface area contributed by atoms with Crippen molar-refractivity contribution < 1.29 is 5.11 Å². The molecule has 0 atom stereocenters. The minimum atomic E-state index is 0.338. The van der Waals surface area contributed by atoms with E-state index >= 15 is 0 Å². The number of hydrogen-bond donors (Lipinski definition) is 1. The van der Waals surface area contributed by atoms with Crippen LogP contribution >= 0.6 is 0 Å². The molecule has 0 aromatic carbocycles. The zero-order chi connectivity index (χ0) is 11.4. The quantitative estimate of drug-likeness (QED) is 0.535. The lowest BCUT2D eigenvalue weighted by Gasteiger charge is -2.15. The summed E-state index contributed by atoms with van der Waals surface area (Å²) in [6.45, 7) is 4.95. The molecule has 0 aromatic rings. The van der Waals surface area contributed by atoms with E-state index in [1.165, 1.54) is 45.1 Å². The maximum atomic E-state index is 8.66. The Balaban J connectivity index is 3.06. The molecule has 0 bridgehead atoms. The second-order valence-corrected chi connectivity index (χ2v) is 4.50. The lowest BCUT2D eigenvalue weighted by atomic mass is 10.1. The number of aliphatic hydroxyl groups is 1. The van der Waals surface area contributed by atoms with Crippen LogP contribution in [-0.2, 0) is 0 Å². The Morgan fingerprint density at radius 3 is 1.93 bits per heavy atom. The number of aliphatic hydroxyl groups excluding tert-OH is 1. The number of rotatable bonds is 11. The first-order valence-electron chi connectivity index (χ1n) is 6.60. The van der Waals surface area contributed by atoms with Crippen LogP contribution in [0, 0.1) is 0 Å². The zero-order valence-electron chi connectivity index (χ0n) is 10.7. The van der Waals surface area contributed by atoms with Crippen molar-refractivity contribution in [3.05, 3.63) is 0 Å². The van der Waals surface area contributed by atoms with Crippen molar-refractivity contribution in [2.75, 3.05) is 26.7 Å². The Labute approximate surface area is 95.7 Å². The molecule has 0 rings (SSSR count). The van der Waals surface area contributed by atoms with E-state index in [-0.39, 0.29) is 0 Å². The Bertz CT molecular complexity index is 117. The molecule has 0 aliphatic carbocycles. The zero-order valence-corrected chi connectivity index (χ0v) is 10.7. The van der Waals surface area contributed by atoms with E-state index in [0.29, 0.717) is 6.61 Å². The molecule has 0 saturated heterocycles. The minimum absolute atomic E-state index is 0.338. The highest BCUT2D eigenvalue weighted by Gasteiger charge is 1.97. The molecule has 15 heavy (non-hydrogen) atoms. The molecule has 0 fully saturated rings. The van der Waals surface area contributed by atoms with E-state index in [1.54, 1.807) is 0 Å². The fourth-order valence-corrected chi connectivity index (χ4v) is 1.77. The van der Waals surface area contributed by atoms with Crippen molar-refractivity contribution in [3.63, 3.8) is 0 Å². The summed E-state index contributed by atoms with van der Waals surface area (Å²) < 4.78 is 0. The third-order valence-electron chi connectivity index (χ3n) is 2.84. The SMILES string of the molecule is CCCCCCCCN(C)CCCCO. The first-order valence-corrected chi connectivity index (χ1v) is 6.60. The van der Waals surface area contributed by atoms with Gasteiger partial charge in [0.05, 0.1) is 0 Å². The fourth-order valence-electron chi connectivity index (χ4n) is 1.77. The van der Waals surface area contributed by atoms with Gasteiger partial charge in [0.25, 0.3) is 0 Å². The average Bonchev–Trinajstić information content (AvgIpc) is 2.23. The Morgan fingerprint density at radius 2 is 1.33 bits per heavy atom. The van der Waals surface area contributed by atoms with Crippen LogP contribution in [0.25, 0.3) is 0 Å². The van der Waals surface area contributed by atoms with Gasteiger partial charge in [0, 0.05) is 6.61 Å². The minimum Gasteiger partial charge on any atom is -0.396 e. The van der Waals surface area contributed by atoms with Gasteiger partial charge in [-0.3, -0.25) is 0 Å². The van der Waals surface area contributed by atoms with E-state index in [4.69, 9.17) is 5.11 Å². The molecular weight excluding hydrogens is 186 g/mol. The molecule has 0 radical (unpaired) electrons. The lowest BCUT2D eigenvalue weighted by Crippen LogP contribution is -2.21. The van der Waals surface area contributed by atoms with E-state index in [0.717, 1.165) is 19.4 Å². The van der Waals surface area contributed by atoms with Gasteiger partial charge >= 0.3 is 0 Å². The second-order valence-electron chi connectivity index (χ2n) is 4.50. The molecule has 0 saturated carbocycles. The Hall–Kier alpha value is -0.0800. The highest BCUT2D eigenvalue weighted by Crippen LogP contribution is 2.05. The van der Waals surface area contributed by atoms with Gasteiger partial charge in [0.2, 0.25) is 0 Å². The fraction of sp³-hybridized carbons (Fsp3) is 1.00. The molecule has 2 heteroatoms. The van der Waals surface area contributed by atoms with Crippen LogP contribution in [0.5, 0.6) is 0 Å². The molecule has 2 nitrogen and oxygen atoms in total. The Kier molecular flexibility index (Phi) is 11.9. The van der Waals surface area contributed by atoms with Crippen molar-refractivity contribution in [3.8, 4) is 0 Å². The van der Waals surface area contributed by atoms with Crippen molar-refractivity contribution in [1.29, 1.82) is 0 Å². The third kappa shape index (κ3) is 11.8. The molecule has 0 amide bonds. The summed E-state index contributed by atoms with van der Waals surface area (Å²) in [5.74, 6) is 0. The van der Waals surface area contributed by atoms with E-state index in [9.17, 15) is 0 Å². The monoisotopic (exact) mass is 215 g/mol. The molecule has 92 valence electrons. The van der Waals surface area contributed by atoms with Gasteiger partial charge in [0.15, 0.2) is 0 Å². The standard InChI is InChI=1S/C13H29NO/c1-3-4-5-6-7-8-11-14(2)12-9-10-13-15/h15H,3-13H2,1-2H3. The van der Waals surface area contributed by atoms with Crippen molar-refractivity contribution in [2.24, 2.45) is 0 Å². The topological polar surface area (TPSA) is 23.5 Å². The number of unbranched alkanes of at least 4 members (excludes halogenated alkanes) is 6. The number of hydrogen-bond acceptors (Lipinski definition) is 2. The summed E-state index contributed by atoms with van der Waals surface area (Å²) in [5, 5.41) is 8.66. The van der Waals surface area contributed by atoms with Crippen LogP contribution in [0.4, 0.5) is 0 Å². The molecule has 0 aliphatic rings. The first kappa shape index (κ1) is 14.9. The molecule has 1 N–H and O–H groups in total. The van der Waals surface area contributed by atoms with E-state index < -0.39 is 0 Å². The summed E-state index contributed by atoms with van der Waals surface area (Å²) in [6.07, 6.45) is 10.3. The predicted molar refractivity (Wildman–Crippen MR) is 67.2 cm³/mol. The summed E-state index contributed by atoms with van der Waals surface area (Å²) in [4.78, 5) is 2.38. The van der Waals surface area contributed by atoms with Gasteiger partial charge in [0.1, 0.15) is 0 Å². The first-order chi connectivity index (χ1) is 7.31. The van der Waals surface area contributed by atoms with E-state index in [1.807, 2.05) is 0 Å². The molecule has 0 unspecified atom stereocenters. The van der Waals surface area contributed by atoms with Crippen molar-refractivity contribution in [1.82, 2.24) is 4.90 Å². The van der Waals surface area contributed by atoms with E-state index in [2.05, 4.69) is 18.9 Å². The lowest BCUT2D eigenvalue weighted by molar-refractivity contribution is 0.261. The predicted octanol–water partition coefficient (Wildman–Crippen LogP) is 3.05. The van der Waals surface area contributed by atoms with Gasteiger partial charge < -0.3 is 10.0 Å². The normalized spacial score (nSPS) is 11.2. The van der Waals surface area contributed by atoms with Gasteiger partial charge in [-0.15, -0.1) is 0 Å². The molecular formula is C13H29NO. The second kappa shape index (κ2) is 12.0. The number of nitrogens with zero attached hydrogens (tertiary/aromatic N) is 1. The average molecular weight is 215 g/mol. The van der Waals surface area contributed by atoms with Crippen LogP contribution in [0.15, 0.2) is 0 Å². The van der Waals surface area contributed by atoms with Gasteiger partial charge in [-0.05, 0) is 39.4 Å². The maximum absolute atomic E-state index is 8.66. The maximum Gasteiger partial charge on any atom is 0.0431 e. The van der Waals surface area contributed by atoms with Crippen molar-refractivity contribution in [2.45, 2.75) is 58.3 Å². The largest absolute Gasteiger partial charge is 0.396 e. The van der Waals surface area contributed by atoms with Gasteiger partial charge in [-0.25, -0.2) is 0 Å². The summed E-state index contributed by atoms with van der Waals surface area (Å²) >= 11 is 0. The van der Waals surface area contributed by atoms with Crippen LogP contribution in [0.2, 0.25) is 0 Å². The summed E-state index contributed by atoms with van der Waals surface area (Å²) in [5.41, 5.74) is 0. The van der Waals surface area contributed by atoms with Gasteiger partial charge in [-0.2, -0.15) is 0 Å².